The molecule has 78 valence electrons. The van der Waals surface area contributed by atoms with E-state index < -0.39 is 0 Å². The molecule has 1 aromatic carbocycles. The van der Waals surface area contributed by atoms with Crippen molar-refractivity contribution in [2.24, 2.45) is 0 Å². The predicted octanol–water partition coefficient (Wildman–Crippen LogP) is 3.72. The minimum Gasteiger partial charge on any atom is -0.379 e. The Morgan fingerprint density at radius 2 is 2.07 bits per heavy atom. The fourth-order valence-corrected chi connectivity index (χ4v) is 2.12. The van der Waals surface area contributed by atoms with Crippen LogP contribution in [-0.2, 0) is 6.54 Å². The standard InChI is InChI=1S/C11H11ClN2S/c1-8-2-4-9(5-3-8)13-7-11-14-6-10(12)15-11/h2-6,13H,7H2,1H3. The van der Waals surface area contributed by atoms with Crippen LogP contribution in [0.25, 0.3) is 0 Å². The highest BCUT2D eigenvalue weighted by molar-refractivity contribution is 7.15. The van der Waals surface area contributed by atoms with Gasteiger partial charge in [0.05, 0.1) is 12.7 Å². The van der Waals surface area contributed by atoms with Crippen LogP contribution in [0.3, 0.4) is 0 Å². The number of aryl methyl sites for hydroxylation is 1. The summed E-state index contributed by atoms with van der Waals surface area (Å²) in [4.78, 5) is 4.17. The number of nitrogens with one attached hydrogen (secondary N) is 1. The molecule has 0 saturated carbocycles. The minimum atomic E-state index is 0.723. The molecule has 2 aromatic rings. The monoisotopic (exact) mass is 238 g/mol. The molecule has 1 N–H and O–H groups in total. The lowest BCUT2D eigenvalue weighted by atomic mass is 10.2. The van der Waals surface area contributed by atoms with Gasteiger partial charge in [0.1, 0.15) is 9.34 Å². The van der Waals surface area contributed by atoms with Crippen molar-refractivity contribution in [2.45, 2.75) is 13.5 Å². The number of hydrogen-bond acceptors (Lipinski definition) is 3. The summed E-state index contributed by atoms with van der Waals surface area (Å²) in [5.41, 5.74) is 2.37. The second-order valence-electron chi connectivity index (χ2n) is 3.28. The zero-order valence-corrected chi connectivity index (χ0v) is 9.90. The van der Waals surface area contributed by atoms with Crippen LogP contribution in [0.15, 0.2) is 30.5 Å². The van der Waals surface area contributed by atoms with Gasteiger partial charge in [0.25, 0.3) is 0 Å². The quantitative estimate of drug-likeness (QED) is 0.882. The highest BCUT2D eigenvalue weighted by Gasteiger charge is 1.99. The molecule has 0 aliphatic heterocycles. The maximum Gasteiger partial charge on any atom is 0.113 e. The van der Waals surface area contributed by atoms with E-state index in [1.165, 1.54) is 16.9 Å². The Bertz CT molecular complexity index is 436. The highest BCUT2D eigenvalue weighted by atomic mass is 35.5. The number of hydrogen-bond donors (Lipinski definition) is 1. The summed E-state index contributed by atoms with van der Waals surface area (Å²) in [6.45, 7) is 2.80. The number of halogens is 1. The van der Waals surface area contributed by atoms with Gasteiger partial charge in [-0.15, -0.1) is 11.3 Å². The lowest BCUT2D eigenvalue weighted by molar-refractivity contribution is 1.10. The van der Waals surface area contributed by atoms with Gasteiger partial charge < -0.3 is 5.32 Å². The summed E-state index contributed by atoms with van der Waals surface area (Å²) >= 11 is 7.29. The average molecular weight is 239 g/mol. The molecular formula is C11H11ClN2S. The van der Waals surface area contributed by atoms with E-state index in [9.17, 15) is 0 Å². The van der Waals surface area contributed by atoms with Crippen LogP contribution in [-0.4, -0.2) is 4.98 Å². The third-order valence-corrected chi connectivity index (χ3v) is 3.14. The molecule has 1 heterocycles. The van der Waals surface area contributed by atoms with Gasteiger partial charge in [-0.05, 0) is 19.1 Å². The van der Waals surface area contributed by atoms with Gasteiger partial charge in [-0.3, -0.25) is 0 Å². The molecule has 0 unspecified atom stereocenters. The van der Waals surface area contributed by atoms with E-state index in [4.69, 9.17) is 11.6 Å². The Morgan fingerprint density at radius 1 is 1.33 bits per heavy atom. The first kappa shape index (κ1) is 10.5. The highest BCUT2D eigenvalue weighted by Crippen LogP contribution is 2.19. The lowest BCUT2D eigenvalue weighted by Gasteiger charge is -2.03. The molecule has 0 amide bonds. The number of anilines is 1. The van der Waals surface area contributed by atoms with Crippen LogP contribution >= 0.6 is 22.9 Å². The molecule has 0 bridgehead atoms. The number of rotatable bonds is 3. The van der Waals surface area contributed by atoms with Crippen molar-refractivity contribution in [1.82, 2.24) is 4.98 Å². The molecule has 2 rings (SSSR count). The Balaban J connectivity index is 1.96. The van der Waals surface area contributed by atoms with Gasteiger partial charge in [0.2, 0.25) is 0 Å². The van der Waals surface area contributed by atoms with Crippen LogP contribution in [0.1, 0.15) is 10.6 Å². The van der Waals surface area contributed by atoms with Crippen molar-refractivity contribution >= 4 is 28.6 Å². The molecular weight excluding hydrogens is 228 g/mol. The van der Waals surface area contributed by atoms with Crippen molar-refractivity contribution in [3.05, 3.63) is 45.4 Å². The van der Waals surface area contributed by atoms with Crippen LogP contribution in [0, 0.1) is 6.92 Å². The second-order valence-corrected chi connectivity index (χ2v) is 5.02. The Hall–Kier alpha value is -1.06. The van der Waals surface area contributed by atoms with Crippen molar-refractivity contribution < 1.29 is 0 Å². The normalized spacial score (nSPS) is 10.3. The van der Waals surface area contributed by atoms with Crippen LogP contribution in [0.5, 0.6) is 0 Å². The van der Waals surface area contributed by atoms with Gasteiger partial charge >= 0.3 is 0 Å². The predicted molar refractivity (Wildman–Crippen MR) is 65.6 cm³/mol. The summed E-state index contributed by atoms with van der Waals surface area (Å²) in [5, 5.41) is 4.29. The van der Waals surface area contributed by atoms with Gasteiger partial charge in [-0.25, -0.2) is 4.98 Å². The Morgan fingerprint density at radius 3 is 2.67 bits per heavy atom. The fraction of sp³-hybridized carbons (Fsp3) is 0.182. The Kier molecular flexibility index (Phi) is 3.23. The van der Waals surface area contributed by atoms with Crippen molar-refractivity contribution in [3.8, 4) is 0 Å². The Labute approximate surface area is 97.9 Å². The second kappa shape index (κ2) is 4.64. The van der Waals surface area contributed by atoms with Gasteiger partial charge in [-0.1, -0.05) is 29.3 Å². The molecule has 4 heteroatoms. The van der Waals surface area contributed by atoms with Gasteiger partial charge in [0, 0.05) is 5.69 Å². The van der Waals surface area contributed by atoms with Gasteiger partial charge in [0.15, 0.2) is 0 Å². The van der Waals surface area contributed by atoms with Gasteiger partial charge in [-0.2, -0.15) is 0 Å². The number of nitrogens with zero attached hydrogens (tertiary/aromatic N) is 1. The number of thiazole rings is 1. The summed E-state index contributed by atoms with van der Waals surface area (Å²) in [6, 6.07) is 8.28. The maximum atomic E-state index is 5.79. The molecule has 0 aliphatic carbocycles. The third-order valence-electron chi connectivity index (χ3n) is 2.02. The number of aromatic nitrogens is 1. The largest absolute Gasteiger partial charge is 0.379 e. The molecule has 0 fully saturated rings. The SMILES string of the molecule is Cc1ccc(NCc2ncc(Cl)s2)cc1. The molecule has 2 nitrogen and oxygen atoms in total. The van der Waals surface area contributed by atoms with Crippen LogP contribution < -0.4 is 5.32 Å². The smallest absolute Gasteiger partial charge is 0.113 e. The average Bonchev–Trinajstić information content (AvgIpc) is 2.64. The van der Waals surface area contributed by atoms with E-state index in [-0.39, 0.29) is 0 Å². The first-order chi connectivity index (χ1) is 7.24. The zero-order valence-electron chi connectivity index (χ0n) is 8.33. The van der Waals surface area contributed by atoms with E-state index in [2.05, 4.69) is 41.5 Å². The zero-order chi connectivity index (χ0) is 10.7. The van der Waals surface area contributed by atoms with Crippen molar-refractivity contribution in [3.63, 3.8) is 0 Å². The first-order valence-corrected chi connectivity index (χ1v) is 5.84. The fourth-order valence-electron chi connectivity index (χ4n) is 1.22. The van der Waals surface area contributed by atoms with E-state index in [0.29, 0.717) is 0 Å². The van der Waals surface area contributed by atoms with E-state index in [1.807, 2.05) is 0 Å². The van der Waals surface area contributed by atoms with E-state index in [0.717, 1.165) is 21.6 Å². The summed E-state index contributed by atoms with van der Waals surface area (Å²) in [7, 11) is 0. The van der Waals surface area contributed by atoms with E-state index in [1.54, 1.807) is 6.20 Å². The van der Waals surface area contributed by atoms with Crippen molar-refractivity contribution in [1.29, 1.82) is 0 Å². The molecule has 0 saturated heterocycles. The molecule has 0 atom stereocenters. The summed E-state index contributed by atoms with van der Waals surface area (Å²) < 4.78 is 0.732. The molecule has 1 aromatic heterocycles. The van der Waals surface area contributed by atoms with Crippen molar-refractivity contribution in [2.75, 3.05) is 5.32 Å². The maximum absolute atomic E-state index is 5.79. The molecule has 0 spiro atoms. The number of benzene rings is 1. The molecule has 0 radical (unpaired) electrons. The minimum absolute atomic E-state index is 0.723. The summed E-state index contributed by atoms with van der Waals surface area (Å²) in [5.74, 6) is 0. The van der Waals surface area contributed by atoms with Crippen LogP contribution in [0.2, 0.25) is 4.34 Å². The van der Waals surface area contributed by atoms with E-state index >= 15 is 0 Å². The molecule has 0 aliphatic rings. The first-order valence-electron chi connectivity index (χ1n) is 4.65. The molecule has 15 heavy (non-hydrogen) atoms. The summed E-state index contributed by atoms with van der Waals surface area (Å²) in [6.07, 6.45) is 1.68. The third kappa shape index (κ3) is 2.94. The topological polar surface area (TPSA) is 24.9 Å². The lowest BCUT2D eigenvalue weighted by Crippen LogP contribution is -1.98. The van der Waals surface area contributed by atoms with Crippen LogP contribution in [0.4, 0.5) is 5.69 Å².